The van der Waals surface area contributed by atoms with E-state index in [1.807, 2.05) is 0 Å². The summed E-state index contributed by atoms with van der Waals surface area (Å²) in [4.78, 5) is 8.16. The van der Waals surface area contributed by atoms with Crippen molar-refractivity contribution in [2.75, 3.05) is 6.54 Å². The Kier molecular flexibility index (Phi) is 3.03. The lowest BCUT2D eigenvalue weighted by molar-refractivity contribution is 0.655. The molecular formula is C8H13N7. The van der Waals surface area contributed by atoms with Crippen LogP contribution in [-0.2, 0) is 13.0 Å². The second-order valence-corrected chi connectivity index (χ2v) is 3.18. The van der Waals surface area contributed by atoms with E-state index in [4.69, 9.17) is 5.73 Å². The van der Waals surface area contributed by atoms with Crippen molar-refractivity contribution >= 4 is 0 Å². The minimum Gasteiger partial charge on any atom is -0.330 e. The van der Waals surface area contributed by atoms with Gasteiger partial charge >= 0.3 is 0 Å². The topological polar surface area (TPSA) is 98.3 Å². The molecule has 7 heteroatoms. The molecular weight excluding hydrogens is 194 g/mol. The number of nitrogens with one attached hydrogen (secondary N) is 1. The number of nitrogens with zero attached hydrogens (tertiary/aromatic N) is 5. The second-order valence-electron chi connectivity index (χ2n) is 3.18. The Hall–Kier alpha value is -1.76. The molecule has 0 aliphatic heterocycles. The predicted molar refractivity (Wildman–Crippen MR) is 52.9 cm³/mol. The number of nitrogens with two attached hydrogens (primary N) is 1. The summed E-state index contributed by atoms with van der Waals surface area (Å²) in [5, 5.41) is 10.9. The van der Waals surface area contributed by atoms with Gasteiger partial charge in [0.05, 0.1) is 0 Å². The van der Waals surface area contributed by atoms with Crippen LogP contribution >= 0.6 is 0 Å². The number of rotatable bonds is 5. The molecule has 0 unspecified atom stereocenters. The molecule has 0 amide bonds. The number of hydrogen-bond donors (Lipinski definition) is 2. The molecule has 0 aromatic carbocycles. The average molecular weight is 207 g/mol. The molecule has 3 N–H and O–H groups in total. The van der Waals surface area contributed by atoms with Crippen LogP contribution in [0.25, 0.3) is 0 Å². The molecule has 0 bridgehead atoms. The summed E-state index contributed by atoms with van der Waals surface area (Å²) in [5.74, 6) is 1.59. The van der Waals surface area contributed by atoms with Gasteiger partial charge in [-0.05, 0) is 13.0 Å². The van der Waals surface area contributed by atoms with Crippen LogP contribution in [0.1, 0.15) is 18.1 Å². The quantitative estimate of drug-likeness (QED) is 0.678. The highest BCUT2D eigenvalue weighted by Gasteiger charge is 2.03. The lowest BCUT2D eigenvalue weighted by atomic mass is 10.3. The monoisotopic (exact) mass is 207 g/mol. The molecule has 2 aromatic rings. The lowest BCUT2D eigenvalue weighted by Gasteiger charge is -1.93. The van der Waals surface area contributed by atoms with Crippen LogP contribution in [0.15, 0.2) is 12.7 Å². The van der Waals surface area contributed by atoms with E-state index in [-0.39, 0.29) is 0 Å². The number of hydrogen-bond acceptors (Lipinski definition) is 5. The third-order valence-corrected chi connectivity index (χ3v) is 1.96. The van der Waals surface area contributed by atoms with Gasteiger partial charge in [0.15, 0.2) is 5.82 Å². The molecule has 0 saturated heterocycles. The van der Waals surface area contributed by atoms with E-state index in [0.29, 0.717) is 13.1 Å². The van der Waals surface area contributed by atoms with Gasteiger partial charge in [0.2, 0.25) is 0 Å². The minimum absolute atomic E-state index is 0.565. The highest BCUT2D eigenvalue weighted by Crippen LogP contribution is 1.97. The number of aromatic amines is 1. The summed E-state index contributed by atoms with van der Waals surface area (Å²) >= 11 is 0. The van der Waals surface area contributed by atoms with Crippen molar-refractivity contribution in [1.82, 2.24) is 29.9 Å². The van der Waals surface area contributed by atoms with Gasteiger partial charge in [-0.1, -0.05) is 0 Å². The molecule has 15 heavy (non-hydrogen) atoms. The summed E-state index contributed by atoms with van der Waals surface area (Å²) in [6.45, 7) is 1.22. The first-order valence-electron chi connectivity index (χ1n) is 4.81. The normalized spacial score (nSPS) is 10.7. The largest absolute Gasteiger partial charge is 0.330 e. The highest BCUT2D eigenvalue weighted by molar-refractivity contribution is 4.90. The molecule has 2 heterocycles. The van der Waals surface area contributed by atoms with Gasteiger partial charge in [-0.15, -0.1) is 0 Å². The number of aryl methyl sites for hydroxylation is 1. The molecule has 0 saturated carbocycles. The van der Waals surface area contributed by atoms with Gasteiger partial charge in [-0.3, -0.25) is 5.10 Å². The smallest absolute Gasteiger partial charge is 0.150 e. The lowest BCUT2D eigenvalue weighted by Crippen LogP contribution is -2.03. The van der Waals surface area contributed by atoms with Gasteiger partial charge in [0.1, 0.15) is 25.0 Å². The molecule has 0 radical (unpaired) electrons. The van der Waals surface area contributed by atoms with Gasteiger partial charge in [-0.25, -0.2) is 14.6 Å². The summed E-state index contributed by atoms with van der Waals surface area (Å²) in [7, 11) is 0. The zero-order valence-corrected chi connectivity index (χ0v) is 8.30. The summed E-state index contributed by atoms with van der Waals surface area (Å²) < 4.78 is 1.69. The van der Waals surface area contributed by atoms with Crippen LogP contribution in [0.5, 0.6) is 0 Å². The zero-order chi connectivity index (χ0) is 10.5. The predicted octanol–water partition coefficient (Wildman–Crippen LogP) is -0.664. The van der Waals surface area contributed by atoms with Crippen LogP contribution in [0.4, 0.5) is 0 Å². The molecule has 80 valence electrons. The maximum absolute atomic E-state index is 5.40. The third-order valence-electron chi connectivity index (χ3n) is 1.96. The Balaban J connectivity index is 1.95. The van der Waals surface area contributed by atoms with Gasteiger partial charge in [-0.2, -0.15) is 10.2 Å². The Morgan fingerprint density at radius 3 is 3.13 bits per heavy atom. The van der Waals surface area contributed by atoms with Gasteiger partial charge < -0.3 is 5.73 Å². The van der Waals surface area contributed by atoms with Crippen LogP contribution < -0.4 is 5.73 Å². The molecule has 2 rings (SSSR count). The molecule has 7 nitrogen and oxygen atoms in total. The Labute approximate surface area is 86.7 Å². The van der Waals surface area contributed by atoms with Gasteiger partial charge in [0.25, 0.3) is 0 Å². The van der Waals surface area contributed by atoms with Crippen molar-refractivity contribution < 1.29 is 0 Å². The zero-order valence-electron chi connectivity index (χ0n) is 8.30. The first kappa shape index (κ1) is 9.78. The minimum atomic E-state index is 0.565. The summed E-state index contributed by atoms with van der Waals surface area (Å²) in [6, 6.07) is 0. The molecule has 0 aliphatic carbocycles. The Morgan fingerprint density at radius 2 is 2.40 bits per heavy atom. The van der Waals surface area contributed by atoms with Crippen LogP contribution in [0.2, 0.25) is 0 Å². The number of aromatic nitrogens is 6. The van der Waals surface area contributed by atoms with E-state index in [1.54, 1.807) is 11.0 Å². The SMILES string of the molecule is NCCCc1n[nH]c(Cn2cncn2)n1. The molecule has 0 fully saturated rings. The van der Waals surface area contributed by atoms with Crippen molar-refractivity contribution in [2.24, 2.45) is 5.73 Å². The van der Waals surface area contributed by atoms with E-state index < -0.39 is 0 Å². The van der Waals surface area contributed by atoms with Crippen molar-refractivity contribution in [3.05, 3.63) is 24.3 Å². The van der Waals surface area contributed by atoms with Crippen molar-refractivity contribution in [3.63, 3.8) is 0 Å². The van der Waals surface area contributed by atoms with Crippen LogP contribution in [-0.4, -0.2) is 36.5 Å². The summed E-state index contributed by atoms with van der Waals surface area (Å²) in [6.07, 6.45) is 4.85. The summed E-state index contributed by atoms with van der Waals surface area (Å²) in [5.41, 5.74) is 5.40. The fourth-order valence-corrected chi connectivity index (χ4v) is 1.25. The maximum atomic E-state index is 5.40. The molecule has 0 atom stereocenters. The van der Waals surface area contributed by atoms with E-state index >= 15 is 0 Å². The highest BCUT2D eigenvalue weighted by atomic mass is 15.3. The fourth-order valence-electron chi connectivity index (χ4n) is 1.25. The van der Waals surface area contributed by atoms with Crippen LogP contribution in [0, 0.1) is 0 Å². The maximum Gasteiger partial charge on any atom is 0.150 e. The van der Waals surface area contributed by atoms with Crippen molar-refractivity contribution in [3.8, 4) is 0 Å². The Morgan fingerprint density at radius 1 is 1.47 bits per heavy atom. The standard InChI is InChI=1S/C8H13N7/c9-3-1-2-7-12-8(14-13-7)4-15-6-10-5-11-15/h5-6H,1-4,9H2,(H,12,13,14). The van der Waals surface area contributed by atoms with E-state index in [0.717, 1.165) is 24.5 Å². The third kappa shape index (κ3) is 2.59. The van der Waals surface area contributed by atoms with Crippen LogP contribution in [0.3, 0.4) is 0 Å². The number of H-pyrrole nitrogens is 1. The first-order valence-corrected chi connectivity index (χ1v) is 4.81. The molecule has 0 aliphatic rings. The van der Waals surface area contributed by atoms with E-state index in [9.17, 15) is 0 Å². The van der Waals surface area contributed by atoms with Crippen molar-refractivity contribution in [1.29, 1.82) is 0 Å². The first-order chi connectivity index (χ1) is 7.38. The average Bonchev–Trinajstić information content (AvgIpc) is 2.87. The second kappa shape index (κ2) is 4.65. The Bertz CT molecular complexity index is 391. The molecule has 0 spiro atoms. The van der Waals surface area contributed by atoms with Crippen molar-refractivity contribution in [2.45, 2.75) is 19.4 Å². The molecule has 2 aromatic heterocycles. The van der Waals surface area contributed by atoms with E-state index in [2.05, 4.69) is 25.3 Å². The van der Waals surface area contributed by atoms with E-state index in [1.165, 1.54) is 6.33 Å². The van der Waals surface area contributed by atoms with Gasteiger partial charge in [0, 0.05) is 6.42 Å². The fraction of sp³-hybridized carbons (Fsp3) is 0.500.